The number of nitrogen functional groups attached to an aromatic ring is 2. The van der Waals surface area contributed by atoms with Gasteiger partial charge in [-0.3, -0.25) is 0 Å². The maximum absolute atomic E-state index is 5.89. The van der Waals surface area contributed by atoms with Crippen LogP contribution in [0.2, 0.25) is 0 Å². The first-order valence-corrected chi connectivity index (χ1v) is 9.48. The molecule has 1 fully saturated rings. The van der Waals surface area contributed by atoms with E-state index in [1.54, 1.807) is 6.07 Å². The van der Waals surface area contributed by atoms with Gasteiger partial charge < -0.3 is 16.2 Å². The molecule has 0 spiro atoms. The number of aryl methyl sites for hydroxylation is 1. The Morgan fingerprint density at radius 3 is 2.20 bits per heavy atom. The number of hydrogen-bond acceptors (Lipinski definition) is 3. The summed E-state index contributed by atoms with van der Waals surface area (Å²) in [6.07, 6.45) is 7.24. The van der Waals surface area contributed by atoms with Crippen molar-refractivity contribution in [2.45, 2.75) is 51.4 Å². The molecule has 0 unspecified atom stereocenters. The highest BCUT2D eigenvalue weighted by molar-refractivity contribution is 5.54. The molecular formula is C22H30N2O. The van der Waals surface area contributed by atoms with Crippen LogP contribution in [0.15, 0.2) is 42.5 Å². The summed E-state index contributed by atoms with van der Waals surface area (Å²) in [5.74, 6) is 2.59. The van der Waals surface area contributed by atoms with E-state index in [4.69, 9.17) is 16.2 Å². The topological polar surface area (TPSA) is 61.3 Å². The normalized spacial score (nSPS) is 20.4. The Morgan fingerprint density at radius 2 is 1.56 bits per heavy atom. The molecule has 25 heavy (non-hydrogen) atoms. The van der Waals surface area contributed by atoms with Gasteiger partial charge in [-0.1, -0.05) is 31.9 Å². The van der Waals surface area contributed by atoms with E-state index in [0.29, 0.717) is 6.61 Å². The molecule has 0 amide bonds. The first-order valence-electron chi connectivity index (χ1n) is 9.48. The molecule has 0 aliphatic heterocycles. The molecule has 4 N–H and O–H groups in total. The van der Waals surface area contributed by atoms with Crippen LogP contribution in [0.25, 0.3) is 0 Å². The van der Waals surface area contributed by atoms with Crippen molar-refractivity contribution in [2.24, 2.45) is 5.92 Å². The van der Waals surface area contributed by atoms with Gasteiger partial charge in [-0.15, -0.1) is 0 Å². The Balaban J connectivity index is 1.44. The highest BCUT2D eigenvalue weighted by Crippen LogP contribution is 2.35. The minimum atomic E-state index is 0.703. The molecule has 1 aliphatic carbocycles. The minimum Gasteiger partial charge on any atom is -0.494 e. The highest BCUT2D eigenvalue weighted by atomic mass is 16.5. The quantitative estimate of drug-likeness (QED) is 0.565. The fraction of sp³-hybridized carbons (Fsp3) is 0.455. The molecule has 1 aliphatic rings. The molecule has 134 valence electrons. The van der Waals surface area contributed by atoms with Crippen LogP contribution in [0, 0.1) is 5.92 Å². The predicted molar refractivity (Wildman–Crippen MR) is 106 cm³/mol. The Bertz CT molecular complexity index is 653. The first-order chi connectivity index (χ1) is 12.1. The average molecular weight is 338 g/mol. The second-order valence-corrected chi connectivity index (χ2v) is 7.49. The van der Waals surface area contributed by atoms with Crippen LogP contribution in [0.4, 0.5) is 11.4 Å². The third-order valence-electron chi connectivity index (χ3n) is 5.28. The van der Waals surface area contributed by atoms with E-state index in [-0.39, 0.29) is 0 Å². The third kappa shape index (κ3) is 5.15. The monoisotopic (exact) mass is 338 g/mol. The molecule has 0 atom stereocenters. The predicted octanol–water partition coefficient (Wildman–Crippen LogP) is 5.16. The number of nitrogens with two attached hydrogens (primary N) is 2. The van der Waals surface area contributed by atoms with Crippen LogP contribution >= 0.6 is 0 Å². The summed E-state index contributed by atoms with van der Waals surface area (Å²) in [6, 6.07) is 14.5. The van der Waals surface area contributed by atoms with Gasteiger partial charge in [0.15, 0.2) is 0 Å². The van der Waals surface area contributed by atoms with Gasteiger partial charge in [-0.25, -0.2) is 0 Å². The number of hydrogen-bond donors (Lipinski definition) is 2. The van der Waals surface area contributed by atoms with E-state index >= 15 is 0 Å². The molecule has 0 radical (unpaired) electrons. The maximum atomic E-state index is 5.89. The van der Waals surface area contributed by atoms with Crippen LogP contribution in [0.1, 0.15) is 56.1 Å². The summed E-state index contributed by atoms with van der Waals surface area (Å²) >= 11 is 0. The van der Waals surface area contributed by atoms with Crippen LogP contribution in [-0.2, 0) is 6.42 Å². The van der Waals surface area contributed by atoms with Crippen molar-refractivity contribution in [1.82, 2.24) is 0 Å². The van der Waals surface area contributed by atoms with Gasteiger partial charge in [-0.05, 0) is 79.0 Å². The Kier molecular flexibility index (Phi) is 5.85. The van der Waals surface area contributed by atoms with Gasteiger partial charge in [0.25, 0.3) is 0 Å². The zero-order chi connectivity index (χ0) is 17.6. The first kappa shape index (κ1) is 17.7. The van der Waals surface area contributed by atoms with E-state index < -0.39 is 0 Å². The third-order valence-corrected chi connectivity index (χ3v) is 5.28. The summed E-state index contributed by atoms with van der Waals surface area (Å²) < 4.78 is 5.89. The fourth-order valence-electron chi connectivity index (χ4n) is 3.79. The van der Waals surface area contributed by atoms with Crippen molar-refractivity contribution in [3.05, 3.63) is 53.6 Å². The summed E-state index contributed by atoms with van der Waals surface area (Å²) in [5.41, 5.74) is 15.7. The summed E-state index contributed by atoms with van der Waals surface area (Å²) in [6.45, 7) is 3.07. The van der Waals surface area contributed by atoms with E-state index in [1.165, 1.54) is 36.8 Å². The smallest absolute Gasteiger partial charge is 0.119 e. The molecule has 3 heteroatoms. The molecule has 1 saturated carbocycles. The Morgan fingerprint density at radius 1 is 0.920 bits per heavy atom. The number of ether oxygens (including phenoxy) is 1. The molecule has 0 saturated heterocycles. The number of anilines is 2. The second kappa shape index (κ2) is 8.28. The highest BCUT2D eigenvalue weighted by Gasteiger charge is 2.19. The number of rotatable bonds is 6. The Labute approximate surface area is 151 Å². The number of benzene rings is 2. The molecule has 0 bridgehead atoms. The molecule has 2 aromatic rings. The van der Waals surface area contributed by atoms with Crippen molar-refractivity contribution in [2.75, 3.05) is 18.1 Å². The van der Waals surface area contributed by atoms with Crippen LogP contribution < -0.4 is 16.2 Å². The van der Waals surface area contributed by atoms with Gasteiger partial charge >= 0.3 is 0 Å². The van der Waals surface area contributed by atoms with Crippen molar-refractivity contribution >= 4 is 11.4 Å². The van der Waals surface area contributed by atoms with Crippen LogP contribution in [0.5, 0.6) is 5.75 Å². The standard InChI is InChI=1S/C22H30N2O/c1-16-4-6-18(7-5-16)19-8-10-22(11-9-19)25-12-2-3-17-13-20(23)15-21(24)14-17/h8-11,13-16,18H,2-7,12,23-24H2,1H3. The zero-order valence-corrected chi connectivity index (χ0v) is 15.2. The molecule has 3 rings (SSSR count). The molecule has 3 nitrogen and oxygen atoms in total. The summed E-state index contributed by atoms with van der Waals surface area (Å²) in [4.78, 5) is 0. The average Bonchev–Trinajstić information content (AvgIpc) is 2.59. The lowest BCUT2D eigenvalue weighted by atomic mass is 9.79. The van der Waals surface area contributed by atoms with Gasteiger partial charge in [0, 0.05) is 11.4 Å². The van der Waals surface area contributed by atoms with Crippen LogP contribution in [-0.4, -0.2) is 6.61 Å². The minimum absolute atomic E-state index is 0.703. The lowest BCUT2D eigenvalue weighted by Gasteiger charge is -2.26. The lowest BCUT2D eigenvalue weighted by molar-refractivity contribution is 0.310. The SMILES string of the molecule is CC1CCC(c2ccc(OCCCc3cc(N)cc(N)c3)cc2)CC1. The van der Waals surface area contributed by atoms with Crippen molar-refractivity contribution in [3.63, 3.8) is 0 Å². The van der Waals surface area contributed by atoms with Crippen LogP contribution in [0.3, 0.4) is 0 Å². The Hall–Kier alpha value is -2.16. The fourth-order valence-corrected chi connectivity index (χ4v) is 3.79. The molecule has 0 heterocycles. The maximum Gasteiger partial charge on any atom is 0.119 e. The van der Waals surface area contributed by atoms with E-state index in [2.05, 4.69) is 31.2 Å². The van der Waals surface area contributed by atoms with Gasteiger partial charge in [0.2, 0.25) is 0 Å². The van der Waals surface area contributed by atoms with Crippen molar-refractivity contribution in [3.8, 4) is 5.75 Å². The van der Waals surface area contributed by atoms with E-state index in [9.17, 15) is 0 Å². The van der Waals surface area contributed by atoms with E-state index in [1.807, 2.05) is 12.1 Å². The van der Waals surface area contributed by atoms with Gasteiger partial charge in [0.1, 0.15) is 5.75 Å². The lowest BCUT2D eigenvalue weighted by Crippen LogP contribution is -2.10. The van der Waals surface area contributed by atoms with Gasteiger partial charge in [-0.2, -0.15) is 0 Å². The zero-order valence-electron chi connectivity index (χ0n) is 15.2. The largest absolute Gasteiger partial charge is 0.494 e. The molecular weight excluding hydrogens is 308 g/mol. The van der Waals surface area contributed by atoms with Crippen molar-refractivity contribution < 1.29 is 4.74 Å². The van der Waals surface area contributed by atoms with Gasteiger partial charge in [0.05, 0.1) is 6.61 Å². The second-order valence-electron chi connectivity index (χ2n) is 7.49. The molecule has 2 aromatic carbocycles. The summed E-state index contributed by atoms with van der Waals surface area (Å²) in [5, 5.41) is 0. The van der Waals surface area contributed by atoms with Crippen molar-refractivity contribution in [1.29, 1.82) is 0 Å². The summed E-state index contributed by atoms with van der Waals surface area (Å²) in [7, 11) is 0. The molecule has 0 aromatic heterocycles. The van der Waals surface area contributed by atoms with E-state index in [0.717, 1.165) is 41.8 Å².